The number of amides is 1. The van der Waals surface area contributed by atoms with Gasteiger partial charge in [0.05, 0.1) is 10.9 Å². The lowest BCUT2D eigenvalue weighted by Crippen LogP contribution is -2.22. The van der Waals surface area contributed by atoms with Gasteiger partial charge in [0.1, 0.15) is 5.82 Å². The highest BCUT2D eigenvalue weighted by atomic mass is 35.5. The number of nitrogens with one attached hydrogen (secondary N) is 1. The van der Waals surface area contributed by atoms with Crippen LogP contribution < -0.4 is 5.32 Å². The molecule has 1 amide bonds. The molecule has 1 atom stereocenters. The molecule has 3 aromatic rings. The maximum absolute atomic E-state index is 12.4. The number of carbonyl (C=O) groups is 1. The summed E-state index contributed by atoms with van der Waals surface area (Å²) in [6, 6.07) is 16.8. The fourth-order valence-corrected chi connectivity index (χ4v) is 3.41. The molecule has 0 aliphatic heterocycles. The highest BCUT2D eigenvalue weighted by Gasteiger charge is 2.20. The number of aryl methyl sites for hydroxylation is 1. The van der Waals surface area contributed by atoms with Gasteiger partial charge < -0.3 is 5.32 Å². The molecule has 0 saturated heterocycles. The van der Waals surface area contributed by atoms with Crippen molar-refractivity contribution in [2.75, 3.05) is 5.32 Å². The molecule has 0 saturated carbocycles. The lowest BCUT2D eigenvalue weighted by Gasteiger charge is -2.13. The number of aromatic nitrogens is 3. The molecule has 0 fully saturated rings. The summed E-state index contributed by atoms with van der Waals surface area (Å²) >= 11 is 7.44. The minimum absolute atomic E-state index is 0.0884. The van der Waals surface area contributed by atoms with Gasteiger partial charge in [0.25, 0.3) is 0 Å². The predicted molar refractivity (Wildman–Crippen MR) is 101 cm³/mol. The predicted octanol–water partition coefficient (Wildman–Crippen LogP) is 4.35. The molecule has 1 N–H and O–H groups in total. The first-order valence-corrected chi connectivity index (χ1v) is 9.01. The Labute approximate surface area is 155 Å². The van der Waals surface area contributed by atoms with Crippen molar-refractivity contribution in [1.29, 1.82) is 0 Å². The van der Waals surface area contributed by atoms with Crippen molar-refractivity contribution in [2.24, 2.45) is 0 Å². The molecule has 5 nitrogen and oxygen atoms in total. The van der Waals surface area contributed by atoms with Gasteiger partial charge in [-0.05, 0) is 44.2 Å². The van der Waals surface area contributed by atoms with E-state index in [1.165, 1.54) is 11.8 Å². The Morgan fingerprint density at radius 3 is 2.64 bits per heavy atom. The van der Waals surface area contributed by atoms with E-state index in [4.69, 9.17) is 11.6 Å². The molecule has 0 spiro atoms. The zero-order valence-corrected chi connectivity index (χ0v) is 15.4. The average molecular weight is 373 g/mol. The first kappa shape index (κ1) is 17.5. The van der Waals surface area contributed by atoms with Crippen molar-refractivity contribution >= 4 is 35.0 Å². The number of benzene rings is 2. The molecule has 7 heteroatoms. The summed E-state index contributed by atoms with van der Waals surface area (Å²) in [7, 11) is 0. The van der Waals surface area contributed by atoms with E-state index in [0.717, 1.165) is 17.2 Å². The molecule has 128 valence electrons. The molecule has 0 aliphatic carbocycles. The van der Waals surface area contributed by atoms with Crippen LogP contribution in [0.2, 0.25) is 5.02 Å². The minimum Gasteiger partial charge on any atom is -0.325 e. The van der Waals surface area contributed by atoms with Gasteiger partial charge in [-0.25, -0.2) is 0 Å². The zero-order valence-electron chi connectivity index (χ0n) is 13.8. The molecule has 25 heavy (non-hydrogen) atoms. The van der Waals surface area contributed by atoms with Gasteiger partial charge in [0.2, 0.25) is 5.91 Å². The van der Waals surface area contributed by atoms with Gasteiger partial charge in [-0.2, -0.15) is 0 Å². The Bertz CT molecular complexity index is 882. The Kier molecular flexibility index (Phi) is 5.40. The molecule has 3 rings (SSSR count). The summed E-state index contributed by atoms with van der Waals surface area (Å²) < 4.78 is 1.89. The number of carbonyl (C=O) groups excluding carboxylic acids is 1. The molecule has 0 aliphatic rings. The quantitative estimate of drug-likeness (QED) is 0.676. The number of nitrogens with zero attached hydrogens (tertiary/aromatic N) is 3. The fourth-order valence-electron chi connectivity index (χ4n) is 2.31. The zero-order chi connectivity index (χ0) is 17.8. The third-order valence-electron chi connectivity index (χ3n) is 3.55. The SMILES string of the molecule is Cc1nnc(SC(C)C(=O)Nc2ccccc2)n1-c1cccc(Cl)c1. The van der Waals surface area contributed by atoms with Crippen LogP contribution in [0.3, 0.4) is 0 Å². The molecule has 0 radical (unpaired) electrons. The second kappa shape index (κ2) is 7.72. The van der Waals surface area contributed by atoms with E-state index in [2.05, 4.69) is 15.5 Å². The molecule has 1 heterocycles. The molecule has 1 unspecified atom stereocenters. The van der Waals surface area contributed by atoms with Crippen LogP contribution in [-0.4, -0.2) is 25.9 Å². The van der Waals surface area contributed by atoms with Crippen LogP contribution in [-0.2, 0) is 4.79 Å². The summed E-state index contributed by atoms with van der Waals surface area (Å²) in [5.41, 5.74) is 1.64. The van der Waals surface area contributed by atoms with Crippen LogP contribution in [0.4, 0.5) is 5.69 Å². The smallest absolute Gasteiger partial charge is 0.237 e. The van der Waals surface area contributed by atoms with E-state index in [1.807, 2.05) is 73.0 Å². The maximum atomic E-state index is 12.4. The van der Waals surface area contributed by atoms with Crippen LogP contribution in [0.25, 0.3) is 5.69 Å². The Morgan fingerprint density at radius 1 is 1.16 bits per heavy atom. The number of halogens is 1. The summed E-state index contributed by atoms with van der Waals surface area (Å²) in [6.45, 7) is 3.71. The summed E-state index contributed by atoms with van der Waals surface area (Å²) in [6.07, 6.45) is 0. The molecule has 1 aromatic heterocycles. The minimum atomic E-state index is -0.332. The number of thioether (sulfide) groups is 1. The first-order chi connectivity index (χ1) is 12.0. The fraction of sp³-hybridized carbons (Fsp3) is 0.167. The standard InChI is InChI=1S/C18H17ClN4OS/c1-12(17(24)20-15-8-4-3-5-9-15)25-18-22-21-13(2)23(18)16-10-6-7-14(19)11-16/h3-12H,1-2H3,(H,20,24). The molecule has 2 aromatic carbocycles. The van der Waals surface area contributed by atoms with Gasteiger partial charge in [0, 0.05) is 10.7 Å². The second-order valence-electron chi connectivity index (χ2n) is 5.46. The lowest BCUT2D eigenvalue weighted by molar-refractivity contribution is -0.115. The van der Waals surface area contributed by atoms with Crippen molar-refractivity contribution < 1.29 is 4.79 Å². The molecule has 0 bridgehead atoms. The number of hydrogen-bond donors (Lipinski definition) is 1. The van der Waals surface area contributed by atoms with E-state index in [0.29, 0.717) is 10.2 Å². The van der Waals surface area contributed by atoms with Crippen LogP contribution in [0.1, 0.15) is 12.7 Å². The lowest BCUT2D eigenvalue weighted by atomic mass is 10.3. The van der Waals surface area contributed by atoms with E-state index < -0.39 is 0 Å². The van der Waals surface area contributed by atoms with Crippen molar-refractivity contribution in [3.8, 4) is 5.69 Å². The second-order valence-corrected chi connectivity index (χ2v) is 7.20. The highest BCUT2D eigenvalue weighted by molar-refractivity contribution is 8.00. The van der Waals surface area contributed by atoms with E-state index in [-0.39, 0.29) is 11.2 Å². The third kappa shape index (κ3) is 4.21. The Morgan fingerprint density at radius 2 is 1.92 bits per heavy atom. The first-order valence-electron chi connectivity index (χ1n) is 7.75. The molecular weight excluding hydrogens is 356 g/mol. The van der Waals surface area contributed by atoms with Crippen LogP contribution in [0.15, 0.2) is 59.8 Å². The monoisotopic (exact) mass is 372 g/mol. The average Bonchev–Trinajstić information content (AvgIpc) is 2.96. The van der Waals surface area contributed by atoms with Gasteiger partial charge in [-0.3, -0.25) is 9.36 Å². The largest absolute Gasteiger partial charge is 0.325 e. The van der Waals surface area contributed by atoms with Gasteiger partial charge in [-0.1, -0.05) is 47.6 Å². The van der Waals surface area contributed by atoms with Crippen molar-refractivity contribution in [1.82, 2.24) is 14.8 Å². The van der Waals surface area contributed by atoms with Crippen molar-refractivity contribution in [3.05, 3.63) is 65.4 Å². The molecular formula is C18H17ClN4OS. The highest BCUT2D eigenvalue weighted by Crippen LogP contribution is 2.27. The van der Waals surface area contributed by atoms with Crippen molar-refractivity contribution in [3.63, 3.8) is 0 Å². The topological polar surface area (TPSA) is 59.8 Å². The van der Waals surface area contributed by atoms with Crippen molar-refractivity contribution in [2.45, 2.75) is 24.3 Å². The number of rotatable bonds is 5. The summed E-state index contributed by atoms with van der Waals surface area (Å²) in [4.78, 5) is 12.4. The van der Waals surface area contributed by atoms with Crippen LogP contribution >= 0.6 is 23.4 Å². The van der Waals surface area contributed by atoms with E-state index in [9.17, 15) is 4.79 Å². The maximum Gasteiger partial charge on any atom is 0.237 e. The van der Waals surface area contributed by atoms with Gasteiger partial charge in [-0.15, -0.1) is 10.2 Å². The van der Waals surface area contributed by atoms with Gasteiger partial charge in [0.15, 0.2) is 5.16 Å². The Balaban J connectivity index is 1.78. The summed E-state index contributed by atoms with van der Waals surface area (Å²) in [5.74, 6) is 0.648. The number of hydrogen-bond acceptors (Lipinski definition) is 4. The Hall–Kier alpha value is -2.31. The summed E-state index contributed by atoms with van der Waals surface area (Å²) in [5, 5.41) is 12.2. The third-order valence-corrected chi connectivity index (χ3v) is 4.83. The van der Waals surface area contributed by atoms with Crippen LogP contribution in [0.5, 0.6) is 0 Å². The van der Waals surface area contributed by atoms with Gasteiger partial charge >= 0.3 is 0 Å². The normalized spacial score (nSPS) is 12.0. The number of para-hydroxylation sites is 1. The van der Waals surface area contributed by atoms with E-state index in [1.54, 1.807) is 0 Å². The number of anilines is 1. The van der Waals surface area contributed by atoms with E-state index >= 15 is 0 Å². The van der Waals surface area contributed by atoms with Crippen LogP contribution in [0, 0.1) is 6.92 Å².